The van der Waals surface area contributed by atoms with Gasteiger partial charge in [-0.05, 0) is 31.1 Å². The summed E-state index contributed by atoms with van der Waals surface area (Å²) in [7, 11) is 0. The van der Waals surface area contributed by atoms with Crippen LogP contribution in [0.3, 0.4) is 0 Å². The third kappa shape index (κ3) is 2.04. The van der Waals surface area contributed by atoms with Crippen molar-refractivity contribution >= 4 is 5.91 Å². The smallest absolute Gasteiger partial charge is 0.225 e. The van der Waals surface area contributed by atoms with E-state index in [1.165, 1.54) is 19.3 Å². The minimum Gasteiger partial charge on any atom is -0.339 e. The van der Waals surface area contributed by atoms with E-state index in [0.717, 1.165) is 19.4 Å². The molecule has 0 spiro atoms. The zero-order valence-electron chi connectivity index (χ0n) is 10.3. The van der Waals surface area contributed by atoms with Crippen LogP contribution in [0.15, 0.2) is 0 Å². The number of hydrogen-bond donors (Lipinski definition) is 0. The molecule has 1 atom stereocenters. The summed E-state index contributed by atoms with van der Waals surface area (Å²) in [6.45, 7) is 7.76. The van der Waals surface area contributed by atoms with Crippen molar-refractivity contribution < 1.29 is 4.79 Å². The van der Waals surface area contributed by atoms with Gasteiger partial charge in [0.15, 0.2) is 0 Å². The number of carbonyl (C=O) groups is 1. The Kier molecular flexibility index (Phi) is 2.78. The highest BCUT2D eigenvalue weighted by Gasteiger charge is 2.40. The van der Waals surface area contributed by atoms with E-state index in [1.54, 1.807) is 0 Å². The van der Waals surface area contributed by atoms with Gasteiger partial charge in [0.25, 0.3) is 0 Å². The molecule has 0 aromatic carbocycles. The van der Waals surface area contributed by atoms with E-state index < -0.39 is 0 Å². The topological polar surface area (TPSA) is 20.3 Å². The molecule has 1 unspecified atom stereocenters. The zero-order chi connectivity index (χ0) is 11.1. The van der Waals surface area contributed by atoms with Crippen LogP contribution in [0.2, 0.25) is 0 Å². The summed E-state index contributed by atoms with van der Waals surface area (Å²) < 4.78 is 0. The van der Waals surface area contributed by atoms with E-state index >= 15 is 0 Å². The van der Waals surface area contributed by atoms with Gasteiger partial charge in [0.2, 0.25) is 5.91 Å². The molecule has 2 nitrogen and oxygen atoms in total. The Morgan fingerprint density at radius 2 is 1.80 bits per heavy atom. The van der Waals surface area contributed by atoms with Gasteiger partial charge < -0.3 is 4.90 Å². The Morgan fingerprint density at radius 1 is 1.13 bits per heavy atom. The van der Waals surface area contributed by atoms with Crippen molar-refractivity contribution in [1.29, 1.82) is 0 Å². The lowest BCUT2D eigenvalue weighted by Crippen LogP contribution is -2.46. The SMILES string of the molecule is CC(C)(C)C1CCCN1C(=O)C1CCC1. The molecule has 1 aliphatic heterocycles. The molecule has 0 bridgehead atoms. The minimum atomic E-state index is 0.246. The van der Waals surface area contributed by atoms with Crippen LogP contribution in [-0.4, -0.2) is 23.4 Å². The summed E-state index contributed by atoms with van der Waals surface area (Å²) in [5.74, 6) is 0.812. The number of rotatable bonds is 1. The Morgan fingerprint density at radius 3 is 2.27 bits per heavy atom. The molecule has 15 heavy (non-hydrogen) atoms. The third-order valence-corrected chi connectivity index (χ3v) is 3.99. The molecular formula is C13H23NO. The molecule has 2 rings (SSSR count). The zero-order valence-corrected chi connectivity index (χ0v) is 10.3. The van der Waals surface area contributed by atoms with Crippen LogP contribution in [0.4, 0.5) is 0 Å². The fraction of sp³-hybridized carbons (Fsp3) is 0.923. The molecule has 1 saturated carbocycles. The Labute approximate surface area is 93.0 Å². The van der Waals surface area contributed by atoms with E-state index in [4.69, 9.17) is 0 Å². The van der Waals surface area contributed by atoms with Gasteiger partial charge in [0.1, 0.15) is 0 Å². The predicted molar refractivity (Wildman–Crippen MR) is 61.5 cm³/mol. The molecule has 2 aliphatic rings. The molecule has 2 heteroatoms. The molecule has 86 valence electrons. The average Bonchev–Trinajstić information content (AvgIpc) is 2.45. The van der Waals surface area contributed by atoms with E-state index in [-0.39, 0.29) is 5.41 Å². The summed E-state index contributed by atoms with van der Waals surface area (Å²) in [6.07, 6.45) is 5.91. The van der Waals surface area contributed by atoms with Gasteiger partial charge in [-0.25, -0.2) is 0 Å². The standard InChI is InChI=1S/C13H23NO/c1-13(2,3)11-8-5-9-14(11)12(15)10-6-4-7-10/h10-11H,4-9H2,1-3H3. The van der Waals surface area contributed by atoms with E-state index in [1.807, 2.05) is 0 Å². The van der Waals surface area contributed by atoms with Crippen LogP contribution in [0.5, 0.6) is 0 Å². The monoisotopic (exact) mass is 209 g/mol. The van der Waals surface area contributed by atoms with Crippen molar-refractivity contribution in [1.82, 2.24) is 4.90 Å². The molecular weight excluding hydrogens is 186 g/mol. The van der Waals surface area contributed by atoms with Crippen LogP contribution in [0, 0.1) is 11.3 Å². The van der Waals surface area contributed by atoms with E-state index in [9.17, 15) is 4.79 Å². The average molecular weight is 209 g/mol. The molecule has 1 amide bonds. The molecule has 1 saturated heterocycles. The highest BCUT2D eigenvalue weighted by Crippen LogP contribution is 2.36. The highest BCUT2D eigenvalue weighted by molar-refractivity contribution is 5.80. The minimum absolute atomic E-state index is 0.246. The van der Waals surface area contributed by atoms with Crippen LogP contribution in [-0.2, 0) is 4.79 Å². The maximum absolute atomic E-state index is 12.2. The molecule has 1 heterocycles. The van der Waals surface area contributed by atoms with Gasteiger partial charge in [-0.3, -0.25) is 4.79 Å². The van der Waals surface area contributed by atoms with Crippen molar-refractivity contribution in [3.63, 3.8) is 0 Å². The van der Waals surface area contributed by atoms with Gasteiger partial charge in [-0.2, -0.15) is 0 Å². The second-order valence-electron chi connectivity index (χ2n) is 6.18. The lowest BCUT2D eigenvalue weighted by atomic mass is 9.81. The molecule has 2 fully saturated rings. The molecule has 1 aliphatic carbocycles. The number of carbonyl (C=O) groups excluding carboxylic acids is 1. The first kappa shape index (κ1) is 11.0. The fourth-order valence-electron chi connectivity index (χ4n) is 2.82. The summed E-state index contributed by atoms with van der Waals surface area (Å²) in [5.41, 5.74) is 0.246. The van der Waals surface area contributed by atoms with Gasteiger partial charge >= 0.3 is 0 Å². The summed E-state index contributed by atoms with van der Waals surface area (Å²) in [5, 5.41) is 0. The first-order chi connectivity index (χ1) is 7.00. The van der Waals surface area contributed by atoms with Gasteiger partial charge in [-0.1, -0.05) is 27.2 Å². The quantitative estimate of drug-likeness (QED) is 0.650. The van der Waals surface area contributed by atoms with Crippen LogP contribution in [0.1, 0.15) is 52.9 Å². The van der Waals surface area contributed by atoms with Crippen molar-refractivity contribution in [2.45, 2.75) is 58.9 Å². The molecule has 0 aromatic rings. The first-order valence-electron chi connectivity index (χ1n) is 6.30. The lowest BCUT2D eigenvalue weighted by Gasteiger charge is -2.38. The van der Waals surface area contributed by atoms with Crippen molar-refractivity contribution in [2.75, 3.05) is 6.54 Å². The Bertz CT molecular complexity index is 250. The second kappa shape index (κ2) is 3.80. The maximum Gasteiger partial charge on any atom is 0.225 e. The highest BCUT2D eigenvalue weighted by atomic mass is 16.2. The van der Waals surface area contributed by atoms with Crippen LogP contribution in [0.25, 0.3) is 0 Å². The normalized spacial score (nSPS) is 27.9. The summed E-state index contributed by atoms with van der Waals surface area (Å²) in [4.78, 5) is 14.4. The largest absolute Gasteiger partial charge is 0.339 e. The first-order valence-corrected chi connectivity index (χ1v) is 6.30. The van der Waals surface area contributed by atoms with Gasteiger partial charge in [0.05, 0.1) is 0 Å². The van der Waals surface area contributed by atoms with Crippen LogP contribution >= 0.6 is 0 Å². The van der Waals surface area contributed by atoms with Crippen LogP contribution < -0.4 is 0 Å². The van der Waals surface area contributed by atoms with Gasteiger partial charge in [-0.15, -0.1) is 0 Å². The number of likely N-dealkylation sites (tertiary alicyclic amines) is 1. The third-order valence-electron chi connectivity index (χ3n) is 3.99. The van der Waals surface area contributed by atoms with E-state index in [0.29, 0.717) is 17.9 Å². The molecule has 0 radical (unpaired) electrons. The summed E-state index contributed by atoms with van der Waals surface area (Å²) >= 11 is 0. The second-order valence-corrected chi connectivity index (χ2v) is 6.18. The number of amides is 1. The van der Waals surface area contributed by atoms with Crippen molar-refractivity contribution in [3.8, 4) is 0 Å². The van der Waals surface area contributed by atoms with E-state index in [2.05, 4.69) is 25.7 Å². The number of nitrogens with zero attached hydrogens (tertiary/aromatic N) is 1. The van der Waals surface area contributed by atoms with Gasteiger partial charge in [0, 0.05) is 18.5 Å². The molecule has 0 aromatic heterocycles. The maximum atomic E-state index is 12.2. The lowest BCUT2D eigenvalue weighted by molar-refractivity contribution is -0.140. The Balaban J connectivity index is 2.04. The molecule has 0 N–H and O–H groups in total. The predicted octanol–water partition coefficient (Wildman–Crippen LogP) is 2.82. The fourth-order valence-corrected chi connectivity index (χ4v) is 2.82. The summed E-state index contributed by atoms with van der Waals surface area (Å²) in [6, 6.07) is 0.477. The Hall–Kier alpha value is -0.530. The number of hydrogen-bond acceptors (Lipinski definition) is 1. The van der Waals surface area contributed by atoms with Crippen molar-refractivity contribution in [3.05, 3.63) is 0 Å². The van der Waals surface area contributed by atoms with Crippen molar-refractivity contribution in [2.24, 2.45) is 11.3 Å².